The van der Waals surface area contributed by atoms with Crippen LogP contribution in [0.4, 0.5) is 0 Å². The molecule has 0 amide bonds. The molecule has 0 aromatic heterocycles. The van der Waals surface area contributed by atoms with Crippen LogP contribution in [0.25, 0.3) is 0 Å². The molecule has 0 radical (unpaired) electrons. The SMILES string of the molecule is CCCCO[C@]12CCC[C@@H](C1)[C@H]1CC[C@@H]2C1. The Bertz CT molecular complexity index is 250. The molecule has 3 fully saturated rings. The van der Waals surface area contributed by atoms with Crippen LogP contribution in [-0.2, 0) is 4.74 Å². The molecule has 1 heteroatoms. The fourth-order valence-corrected chi connectivity index (χ4v) is 4.68. The van der Waals surface area contributed by atoms with E-state index in [0.29, 0.717) is 5.60 Å². The molecule has 0 aromatic rings. The molecule has 0 spiro atoms. The average Bonchev–Trinajstić information content (AvgIpc) is 2.76. The quantitative estimate of drug-likeness (QED) is 0.649. The summed E-state index contributed by atoms with van der Waals surface area (Å²) in [6, 6.07) is 0. The van der Waals surface area contributed by atoms with Crippen LogP contribution in [0.1, 0.15) is 64.7 Å². The Morgan fingerprint density at radius 3 is 3.00 bits per heavy atom. The van der Waals surface area contributed by atoms with Crippen LogP contribution >= 0.6 is 0 Å². The van der Waals surface area contributed by atoms with Crippen molar-refractivity contribution >= 4 is 0 Å². The van der Waals surface area contributed by atoms with Crippen LogP contribution in [0.3, 0.4) is 0 Å². The van der Waals surface area contributed by atoms with E-state index in [1.165, 1.54) is 57.8 Å². The third kappa shape index (κ3) is 1.72. The second kappa shape index (κ2) is 4.33. The third-order valence-electron chi connectivity index (χ3n) is 5.55. The molecule has 3 saturated carbocycles. The lowest BCUT2D eigenvalue weighted by Crippen LogP contribution is -2.48. The molecule has 16 heavy (non-hydrogen) atoms. The summed E-state index contributed by atoms with van der Waals surface area (Å²) < 4.78 is 6.41. The zero-order valence-corrected chi connectivity index (χ0v) is 10.7. The summed E-state index contributed by atoms with van der Waals surface area (Å²) in [6.45, 7) is 3.28. The monoisotopic (exact) mass is 222 g/mol. The number of hydrogen-bond donors (Lipinski definition) is 0. The van der Waals surface area contributed by atoms with E-state index in [9.17, 15) is 0 Å². The second-order valence-electron chi connectivity index (χ2n) is 6.39. The van der Waals surface area contributed by atoms with Crippen molar-refractivity contribution in [3.63, 3.8) is 0 Å². The molecule has 92 valence electrons. The molecule has 3 rings (SSSR count). The Hall–Kier alpha value is -0.0400. The summed E-state index contributed by atoms with van der Waals surface area (Å²) in [5.74, 6) is 3.02. The van der Waals surface area contributed by atoms with Crippen molar-refractivity contribution in [2.24, 2.45) is 17.8 Å². The van der Waals surface area contributed by atoms with Gasteiger partial charge >= 0.3 is 0 Å². The molecular weight excluding hydrogens is 196 g/mol. The summed E-state index contributed by atoms with van der Waals surface area (Å²) in [7, 11) is 0. The van der Waals surface area contributed by atoms with Gasteiger partial charge < -0.3 is 4.74 Å². The average molecular weight is 222 g/mol. The van der Waals surface area contributed by atoms with Crippen molar-refractivity contribution in [3.05, 3.63) is 0 Å². The molecule has 1 nitrogen and oxygen atoms in total. The van der Waals surface area contributed by atoms with Gasteiger partial charge in [-0.3, -0.25) is 0 Å². The van der Waals surface area contributed by atoms with Crippen LogP contribution < -0.4 is 0 Å². The first-order valence-corrected chi connectivity index (χ1v) is 7.48. The highest BCUT2D eigenvalue weighted by atomic mass is 16.5. The Balaban J connectivity index is 1.71. The lowest BCUT2D eigenvalue weighted by atomic mass is 9.63. The van der Waals surface area contributed by atoms with Gasteiger partial charge in [0, 0.05) is 6.61 Å². The summed E-state index contributed by atoms with van der Waals surface area (Å²) in [4.78, 5) is 0. The van der Waals surface area contributed by atoms with Gasteiger partial charge in [-0.1, -0.05) is 19.8 Å². The maximum atomic E-state index is 6.41. The highest BCUT2D eigenvalue weighted by Crippen LogP contribution is 2.57. The molecule has 0 aromatic carbocycles. The van der Waals surface area contributed by atoms with Crippen LogP contribution in [0.2, 0.25) is 0 Å². The highest BCUT2D eigenvalue weighted by molar-refractivity contribution is 5.04. The molecule has 3 aliphatic rings. The number of hydrogen-bond acceptors (Lipinski definition) is 1. The van der Waals surface area contributed by atoms with Crippen molar-refractivity contribution in [3.8, 4) is 0 Å². The molecule has 4 bridgehead atoms. The van der Waals surface area contributed by atoms with Crippen molar-refractivity contribution in [1.82, 2.24) is 0 Å². The maximum absolute atomic E-state index is 6.41. The normalized spacial score (nSPS) is 45.9. The van der Waals surface area contributed by atoms with Gasteiger partial charge in [-0.15, -0.1) is 0 Å². The molecule has 3 aliphatic carbocycles. The van der Waals surface area contributed by atoms with Gasteiger partial charge in [0.1, 0.15) is 0 Å². The Morgan fingerprint density at radius 2 is 2.12 bits per heavy atom. The lowest BCUT2D eigenvalue weighted by molar-refractivity contribution is -0.140. The summed E-state index contributed by atoms with van der Waals surface area (Å²) >= 11 is 0. The highest BCUT2D eigenvalue weighted by Gasteiger charge is 2.53. The zero-order chi connectivity index (χ0) is 11.0. The lowest BCUT2D eigenvalue weighted by Gasteiger charge is -2.49. The second-order valence-corrected chi connectivity index (χ2v) is 6.39. The van der Waals surface area contributed by atoms with Crippen molar-refractivity contribution in [2.45, 2.75) is 70.3 Å². The molecule has 0 saturated heterocycles. The van der Waals surface area contributed by atoms with Crippen LogP contribution in [-0.4, -0.2) is 12.2 Å². The van der Waals surface area contributed by atoms with Gasteiger partial charge in [-0.25, -0.2) is 0 Å². The predicted molar refractivity (Wildman–Crippen MR) is 66.4 cm³/mol. The largest absolute Gasteiger partial charge is 0.375 e. The van der Waals surface area contributed by atoms with E-state index >= 15 is 0 Å². The van der Waals surface area contributed by atoms with Crippen molar-refractivity contribution in [1.29, 1.82) is 0 Å². The van der Waals surface area contributed by atoms with Gasteiger partial charge in [0.2, 0.25) is 0 Å². The van der Waals surface area contributed by atoms with Gasteiger partial charge in [0.25, 0.3) is 0 Å². The molecule has 0 aliphatic heterocycles. The molecule has 0 N–H and O–H groups in total. The summed E-state index contributed by atoms with van der Waals surface area (Å²) in [6.07, 6.45) is 12.7. The minimum Gasteiger partial charge on any atom is -0.375 e. The smallest absolute Gasteiger partial charge is 0.0713 e. The molecular formula is C15H26O. The van der Waals surface area contributed by atoms with E-state index in [0.717, 1.165) is 24.4 Å². The molecule has 4 atom stereocenters. The van der Waals surface area contributed by atoms with E-state index in [1.54, 1.807) is 0 Å². The first kappa shape index (κ1) is 11.1. The first-order valence-electron chi connectivity index (χ1n) is 7.48. The maximum Gasteiger partial charge on any atom is 0.0713 e. The van der Waals surface area contributed by atoms with Crippen molar-refractivity contribution in [2.75, 3.05) is 6.61 Å². The van der Waals surface area contributed by atoms with Crippen LogP contribution in [0.5, 0.6) is 0 Å². The number of rotatable bonds is 4. The number of ether oxygens (including phenoxy) is 1. The van der Waals surface area contributed by atoms with E-state index < -0.39 is 0 Å². The minimum atomic E-state index is 0.338. The Kier molecular flexibility index (Phi) is 2.99. The summed E-state index contributed by atoms with van der Waals surface area (Å²) in [5.41, 5.74) is 0.338. The van der Waals surface area contributed by atoms with E-state index in [-0.39, 0.29) is 0 Å². The fourth-order valence-electron chi connectivity index (χ4n) is 4.68. The van der Waals surface area contributed by atoms with Crippen molar-refractivity contribution < 1.29 is 4.74 Å². The minimum absolute atomic E-state index is 0.338. The third-order valence-corrected chi connectivity index (χ3v) is 5.55. The molecule has 0 heterocycles. The Labute approximate surface area is 99.9 Å². The van der Waals surface area contributed by atoms with Crippen LogP contribution in [0.15, 0.2) is 0 Å². The molecule has 0 unspecified atom stereocenters. The van der Waals surface area contributed by atoms with Gasteiger partial charge in [0.05, 0.1) is 5.60 Å². The zero-order valence-electron chi connectivity index (χ0n) is 10.7. The first-order chi connectivity index (χ1) is 7.84. The summed E-state index contributed by atoms with van der Waals surface area (Å²) in [5, 5.41) is 0. The van der Waals surface area contributed by atoms with Gasteiger partial charge in [-0.05, 0) is 62.7 Å². The van der Waals surface area contributed by atoms with Gasteiger partial charge in [0.15, 0.2) is 0 Å². The topological polar surface area (TPSA) is 9.23 Å². The van der Waals surface area contributed by atoms with E-state index in [4.69, 9.17) is 4.74 Å². The Morgan fingerprint density at radius 1 is 1.19 bits per heavy atom. The predicted octanol–water partition coefficient (Wildman–Crippen LogP) is 4.16. The standard InChI is InChI=1S/C15H26O/c1-2-3-9-16-15-8-4-5-13(11-15)12-6-7-14(15)10-12/h12-14H,2-11H2,1H3/t12-,13-,14+,15+/m0/s1. The fraction of sp³-hybridized carbons (Fsp3) is 1.00. The van der Waals surface area contributed by atoms with Crippen LogP contribution in [0, 0.1) is 17.8 Å². The van der Waals surface area contributed by atoms with E-state index in [1.807, 2.05) is 0 Å². The van der Waals surface area contributed by atoms with Gasteiger partial charge in [-0.2, -0.15) is 0 Å². The number of fused-ring (bicyclic) bond motifs is 6. The van der Waals surface area contributed by atoms with E-state index in [2.05, 4.69) is 6.92 Å². The number of unbranched alkanes of at least 4 members (excludes halogenated alkanes) is 1.